The average molecular weight is 219 g/mol. The molecule has 15 heavy (non-hydrogen) atoms. The molecule has 1 aromatic heterocycles. The summed E-state index contributed by atoms with van der Waals surface area (Å²) in [6, 6.07) is 6.35. The van der Waals surface area contributed by atoms with Crippen molar-refractivity contribution in [1.29, 1.82) is 0 Å². The van der Waals surface area contributed by atoms with Crippen LogP contribution in [0.15, 0.2) is 18.2 Å². The van der Waals surface area contributed by atoms with Crippen molar-refractivity contribution in [2.45, 2.75) is 18.8 Å². The molecule has 2 heterocycles. The largest absolute Gasteiger partial charge is 0.317 e. The van der Waals surface area contributed by atoms with Crippen molar-refractivity contribution in [1.82, 2.24) is 14.1 Å². The Morgan fingerprint density at radius 3 is 2.93 bits per heavy atom. The Hall–Kier alpha value is -1.00. The van der Waals surface area contributed by atoms with E-state index in [0.29, 0.717) is 5.92 Å². The Morgan fingerprint density at radius 1 is 1.20 bits per heavy atom. The van der Waals surface area contributed by atoms with Gasteiger partial charge in [-0.1, -0.05) is 12.1 Å². The van der Waals surface area contributed by atoms with Crippen molar-refractivity contribution in [3.63, 3.8) is 0 Å². The van der Waals surface area contributed by atoms with Crippen LogP contribution < -0.4 is 5.32 Å². The van der Waals surface area contributed by atoms with E-state index in [1.807, 2.05) is 6.07 Å². The Morgan fingerprint density at radius 2 is 2.07 bits per heavy atom. The third kappa shape index (κ3) is 1.64. The maximum atomic E-state index is 4.40. The highest BCUT2D eigenvalue weighted by Crippen LogP contribution is 2.30. The standard InChI is InChI=1S/C11H13N3S/c1-2-9(8-4-6-12-7-5-8)11-10(3-1)13-15-14-11/h1-3,8,12H,4-7H2. The third-order valence-corrected chi connectivity index (χ3v) is 3.64. The maximum Gasteiger partial charge on any atom is 0.108 e. The molecule has 0 bridgehead atoms. The van der Waals surface area contributed by atoms with Crippen LogP contribution in [0.3, 0.4) is 0 Å². The number of benzene rings is 1. The van der Waals surface area contributed by atoms with Crippen molar-refractivity contribution in [3.8, 4) is 0 Å². The molecule has 1 saturated heterocycles. The zero-order valence-corrected chi connectivity index (χ0v) is 9.26. The molecule has 2 aromatic rings. The van der Waals surface area contributed by atoms with Gasteiger partial charge >= 0.3 is 0 Å². The second-order valence-corrected chi connectivity index (χ2v) is 4.53. The van der Waals surface area contributed by atoms with E-state index in [0.717, 1.165) is 24.1 Å². The third-order valence-electron chi connectivity index (χ3n) is 3.10. The molecule has 1 aromatic carbocycles. The molecule has 1 aliphatic rings. The first kappa shape index (κ1) is 9.24. The van der Waals surface area contributed by atoms with Crippen LogP contribution in [0.2, 0.25) is 0 Å². The Bertz CT molecular complexity index is 460. The van der Waals surface area contributed by atoms with Crippen molar-refractivity contribution in [2.75, 3.05) is 13.1 Å². The Kier molecular flexibility index (Phi) is 2.38. The molecule has 4 heteroatoms. The predicted molar refractivity (Wildman–Crippen MR) is 62.3 cm³/mol. The molecule has 0 radical (unpaired) electrons. The second kappa shape index (κ2) is 3.87. The summed E-state index contributed by atoms with van der Waals surface area (Å²) in [6.07, 6.45) is 2.44. The number of piperidine rings is 1. The van der Waals surface area contributed by atoms with E-state index in [4.69, 9.17) is 0 Å². The van der Waals surface area contributed by atoms with Crippen LogP contribution in [-0.2, 0) is 0 Å². The fraction of sp³-hybridized carbons (Fsp3) is 0.455. The summed E-state index contributed by atoms with van der Waals surface area (Å²) in [4.78, 5) is 0. The van der Waals surface area contributed by atoms with E-state index in [1.54, 1.807) is 0 Å². The smallest absolute Gasteiger partial charge is 0.108 e. The molecule has 1 N–H and O–H groups in total. The molecule has 0 spiro atoms. The normalized spacial score (nSPS) is 18.4. The first-order valence-corrected chi connectivity index (χ1v) is 6.10. The Labute approximate surface area is 92.8 Å². The minimum Gasteiger partial charge on any atom is -0.317 e. The quantitative estimate of drug-likeness (QED) is 0.798. The summed E-state index contributed by atoms with van der Waals surface area (Å²) < 4.78 is 8.69. The molecule has 1 fully saturated rings. The average Bonchev–Trinajstić information content (AvgIpc) is 2.78. The molecular weight excluding hydrogens is 206 g/mol. The van der Waals surface area contributed by atoms with Gasteiger partial charge in [0.25, 0.3) is 0 Å². The van der Waals surface area contributed by atoms with Gasteiger partial charge in [-0.3, -0.25) is 0 Å². The minimum atomic E-state index is 0.666. The van der Waals surface area contributed by atoms with Crippen LogP contribution in [0.1, 0.15) is 24.3 Å². The molecule has 0 atom stereocenters. The fourth-order valence-corrected chi connectivity index (χ4v) is 2.85. The molecule has 78 valence electrons. The lowest BCUT2D eigenvalue weighted by Gasteiger charge is -2.22. The van der Waals surface area contributed by atoms with Crippen LogP contribution in [-0.4, -0.2) is 21.8 Å². The predicted octanol–water partition coefficient (Wildman–Crippen LogP) is 2.16. The highest BCUT2D eigenvalue weighted by Gasteiger charge is 2.18. The van der Waals surface area contributed by atoms with Crippen molar-refractivity contribution in [2.24, 2.45) is 0 Å². The van der Waals surface area contributed by atoms with Crippen molar-refractivity contribution >= 4 is 22.8 Å². The lowest BCUT2D eigenvalue weighted by molar-refractivity contribution is 0.462. The molecular formula is C11H13N3S. The highest BCUT2D eigenvalue weighted by atomic mass is 32.1. The lowest BCUT2D eigenvalue weighted by atomic mass is 9.89. The SMILES string of the molecule is c1cc(C2CCNCC2)c2nsnc2c1. The number of nitrogens with one attached hydrogen (secondary N) is 1. The first-order chi connectivity index (χ1) is 7.45. The van der Waals surface area contributed by atoms with Crippen LogP contribution >= 0.6 is 11.7 Å². The number of fused-ring (bicyclic) bond motifs is 1. The zero-order valence-electron chi connectivity index (χ0n) is 8.44. The van der Waals surface area contributed by atoms with E-state index in [-0.39, 0.29) is 0 Å². The van der Waals surface area contributed by atoms with Crippen LogP contribution in [0.4, 0.5) is 0 Å². The lowest BCUT2D eigenvalue weighted by Crippen LogP contribution is -2.26. The van der Waals surface area contributed by atoms with Gasteiger partial charge in [-0.2, -0.15) is 8.75 Å². The summed E-state index contributed by atoms with van der Waals surface area (Å²) in [7, 11) is 0. The summed E-state index contributed by atoms with van der Waals surface area (Å²) in [6.45, 7) is 2.25. The topological polar surface area (TPSA) is 37.8 Å². The number of aromatic nitrogens is 2. The van der Waals surface area contributed by atoms with Gasteiger partial charge in [-0.25, -0.2) is 0 Å². The van der Waals surface area contributed by atoms with Crippen molar-refractivity contribution < 1.29 is 0 Å². The van der Waals surface area contributed by atoms with Gasteiger partial charge in [0.2, 0.25) is 0 Å². The molecule has 1 aliphatic heterocycles. The van der Waals surface area contributed by atoms with Crippen LogP contribution in [0.25, 0.3) is 11.0 Å². The summed E-state index contributed by atoms with van der Waals surface area (Å²) in [5, 5.41) is 3.39. The van der Waals surface area contributed by atoms with Gasteiger partial charge in [-0.05, 0) is 43.5 Å². The summed E-state index contributed by atoms with van der Waals surface area (Å²) in [5.41, 5.74) is 3.56. The fourth-order valence-electron chi connectivity index (χ4n) is 2.29. The summed E-state index contributed by atoms with van der Waals surface area (Å²) in [5.74, 6) is 0.666. The van der Waals surface area contributed by atoms with E-state index < -0.39 is 0 Å². The highest BCUT2D eigenvalue weighted by molar-refractivity contribution is 7.00. The molecule has 3 nitrogen and oxygen atoms in total. The number of hydrogen-bond acceptors (Lipinski definition) is 4. The van der Waals surface area contributed by atoms with Gasteiger partial charge in [0.1, 0.15) is 11.0 Å². The molecule has 0 saturated carbocycles. The van der Waals surface area contributed by atoms with Gasteiger partial charge < -0.3 is 5.32 Å². The number of rotatable bonds is 1. The monoisotopic (exact) mass is 219 g/mol. The van der Waals surface area contributed by atoms with E-state index in [2.05, 4.69) is 26.2 Å². The van der Waals surface area contributed by atoms with Gasteiger partial charge in [0.15, 0.2) is 0 Å². The Balaban J connectivity index is 2.05. The first-order valence-electron chi connectivity index (χ1n) is 5.37. The number of hydrogen-bond donors (Lipinski definition) is 1. The molecule has 3 rings (SSSR count). The van der Waals surface area contributed by atoms with Crippen LogP contribution in [0, 0.1) is 0 Å². The van der Waals surface area contributed by atoms with Crippen LogP contribution in [0.5, 0.6) is 0 Å². The summed E-state index contributed by atoms with van der Waals surface area (Å²) >= 11 is 1.32. The van der Waals surface area contributed by atoms with Gasteiger partial charge in [0, 0.05) is 0 Å². The molecule has 0 unspecified atom stereocenters. The molecule has 0 amide bonds. The maximum absolute atomic E-state index is 4.40. The van der Waals surface area contributed by atoms with Gasteiger partial charge in [-0.15, -0.1) is 0 Å². The van der Waals surface area contributed by atoms with Crippen molar-refractivity contribution in [3.05, 3.63) is 23.8 Å². The number of nitrogens with zero attached hydrogens (tertiary/aromatic N) is 2. The van der Waals surface area contributed by atoms with E-state index >= 15 is 0 Å². The zero-order chi connectivity index (χ0) is 10.1. The van der Waals surface area contributed by atoms with E-state index in [9.17, 15) is 0 Å². The second-order valence-electron chi connectivity index (χ2n) is 4.00. The van der Waals surface area contributed by atoms with E-state index in [1.165, 1.54) is 30.1 Å². The molecule has 0 aliphatic carbocycles. The van der Waals surface area contributed by atoms with Gasteiger partial charge in [0.05, 0.1) is 11.7 Å². The minimum absolute atomic E-state index is 0.666.